The fourth-order valence-electron chi connectivity index (χ4n) is 3.97. The molecule has 7 heteroatoms. The van der Waals surface area contributed by atoms with Crippen LogP contribution in [0.4, 0.5) is 5.69 Å². The smallest absolute Gasteiger partial charge is 0.165 e. The van der Waals surface area contributed by atoms with Crippen LogP contribution in [0.2, 0.25) is 5.15 Å². The van der Waals surface area contributed by atoms with Crippen LogP contribution in [-0.2, 0) is 4.74 Å². The summed E-state index contributed by atoms with van der Waals surface area (Å²) < 4.78 is 7.82. The largest absolute Gasteiger partial charge is 0.394 e. The van der Waals surface area contributed by atoms with Gasteiger partial charge in [-0.05, 0) is 25.7 Å². The first-order valence-electron chi connectivity index (χ1n) is 9.30. The van der Waals surface area contributed by atoms with Crippen molar-refractivity contribution in [1.29, 1.82) is 0 Å². The second kappa shape index (κ2) is 7.48. The van der Waals surface area contributed by atoms with Gasteiger partial charge in [0, 0.05) is 12.1 Å². The molecule has 2 atom stereocenters. The van der Waals surface area contributed by atoms with Gasteiger partial charge >= 0.3 is 0 Å². The second-order valence-corrected chi connectivity index (χ2v) is 7.51. The molecule has 4 rings (SSSR count). The van der Waals surface area contributed by atoms with E-state index in [-0.39, 0.29) is 18.9 Å². The molecule has 136 valence electrons. The molecule has 3 heterocycles. The van der Waals surface area contributed by atoms with Crippen LogP contribution in [0.5, 0.6) is 0 Å². The third-order valence-corrected chi connectivity index (χ3v) is 5.51. The fraction of sp³-hybridized carbons (Fsp3) is 0.667. The summed E-state index contributed by atoms with van der Waals surface area (Å²) >= 11 is 6.29. The van der Waals surface area contributed by atoms with Crippen LogP contribution >= 0.6 is 11.6 Å². The van der Waals surface area contributed by atoms with Crippen LogP contribution in [0.25, 0.3) is 11.2 Å². The van der Waals surface area contributed by atoms with E-state index in [0.717, 1.165) is 29.7 Å². The summed E-state index contributed by atoms with van der Waals surface area (Å²) in [6.07, 6.45) is 10.8. The lowest BCUT2D eigenvalue weighted by molar-refractivity contribution is -0.0207. The van der Waals surface area contributed by atoms with E-state index >= 15 is 0 Å². The Morgan fingerprint density at radius 2 is 2.00 bits per heavy atom. The molecular weight excluding hydrogens is 340 g/mol. The average molecular weight is 365 g/mol. The number of anilines is 1. The number of rotatable bonds is 4. The Morgan fingerprint density at radius 1 is 1.20 bits per heavy atom. The zero-order valence-electron chi connectivity index (χ0n) is 14.3. The minimum Gasteiger partial charge on any atom is -0.394 e. The van der Waals surface area contributed by atoms with Crippen molar-refractivity contribution in [2.45, 2.75) is 69.7 Å². The minimum atomic E-state index is -0.140. The number of aliphatic hydroxyl groups is 1. The molecular formula is C18H25ClN4O2. The summed E-state index contributed by atoms with van der Waals surface area (Å²) in [5, 5.41) is 13.4. The van der Waals surface area contributed by atoms with Gasteiger partial charge in [-0.1, -0.05) is 37.3 Å². The van der Waals surface area contributed by atoms with Crippen molar-refractivity contribution < 1.29 is 9.84 Å². The normalized spacial score (nSPS) is 25.4. The average Bonchev–Trinajstić information content (AvgIpc) is 3.16. The van der Waals surface area contributed by atoms with Crippen LogP contribution in [-0.4, -0.2) is 38.4 Å². The van der Waals surface area contributed by atoms with Crippen molar-refractivity contribution >= 4 is 28.5 Å². The van der Waals surface area contributed by atoms with Crippen LogP contribution in [0.15, 0.2) is 12.4 Å². The maximum atomic E-state index is 9.29. The van der Waals surface area contributed by atoms with E-state index in [2.05, 4.69) is 15.3 Å². The predicted molar refractivity (Wildman–Crippen MR) is 97.9 cm³/mol. The van der Waals surface area contributed by atoms with Crippen LogP contribution in [0, 0.1) is 0 Å². The Morgan fingerprint density at radius 3 is 2.72 bits per heavy atom. The quantitative estimate of drug-likeness (QED) is 0.636. The van der Waals surface area contributed by atoms with E-state index in [4.69, 9.17) is 16.3 Å². The highest BCUT2D eigenvalue weighted by molar-refractivity contribution is 6.30. The molecule has 2 fully saturated rings. The number of hydrogen-bond acceptors (Lipinski definition) is 5. The Bertz CT molecular complexity index is 727. The molecule has 0 unspecified atom stereocenters. The van der Waals surface area contributed by atoms with Crippen molar-refractivity contribution in [1.82, 2.24) is 14.5 Å². The lowest BCUT2D eigenvalue weighted by Gasteiger charge is -2.18. The van der Waals surface area contributed by atoms with Gasteiger partial charge in [0.15, 0.2) is 5.65 Å². The van der Waals surface area contributed by atoms with Gasteiger partial charge in [-0.15, -0.1) is 0 Å². The van der Waals surface area contributed by atoms with Gasteiger partial charge in [-0.2, -0.15) is 0 Å². The molecule has 1 aliphatic heterocycles. The van der Waals surface area contributed by atoms with Crippen LogP contribution in [0.3, 0.4) is 0 Å². The molecule has 2 aliphatic rings. The molecule has 1 saturated heterocycles. The third kappa shape index (κ3) is 3.61. The minimum absolute atomic E-state index is 0.0474. The fourth-order valence-corrected chi connectivity index (χ4v) is 4.16. The summed E-state index contributed by atoms with van der Waals surface area (Å²) in [6, 6.07) is 2.34. The molecule has 1 saturated carbocycles. The Kier molecular flexibility index (Phi) is 5.10. The first-order valence-corrected chi connectivity index (χ1v) is 9.68. The summed E-state index contributed by atoms with van der Waals surface area (Å²) in [6.45, 7) is 0.0474. The van der Waals surface area contributed by atoms with Crippen molar-refractivity contribution in [3.05, 3.63) is 17.5 Å². The Labute approximate surface area is 152 Å². The van der Waals surface area contributed by atoms with E-state index in [1.165, 1.54) is 38.5 Å². The molecule has 2 aromatic rings. The number of nitrogens with zero attached hydrogens (tertiary/aromatic N) is 3. The van der Waals surface area contributed by atoms with E-state index in [9.17, 15) is 5.11 Å². The summed E-state index contributed by atoms with van der Waals surface area (Å²) in [4.78, 5) is 9.07. The lowest BCUT2D eigenvalue weighted by Crippen LogP contribution is -2.18. The topological polar surface area (TPSA) is 72.2 Å². The van der Waals surface area contributed by atoms with Crippen LogP contribution in [0.1, 0.15) is 57.6 Å². The maximum absolute atomic E-state index is 9.29. The van der Waals surface area contributed by atoms with E-state index in [0.29, 0.717) is 11.2 Å². The monoisotopic (exact) mass is 364 g/mol. The summed E-state index contributed by atoms with van der Waals surface area (Å²) in [7, 11) is 0. The standard InChI is InChI=1S/C18H25ClN4O2/c19-15-9-14(21-12-5-3-1-2-4-6-12)17-18(22-15)23(11-20-17)16-8-7-13(10-24)25-16/h9,11-13,16,24H,1-8,10H2,(H,21,22)/t13-,16+/m0/s1. The molecule has 0 amide bonds. The molecule has 2 aromatic heterocycles. The highest BCUT2D eigenvalue weighted by Crippen LogP contribution is 2.33. The molecule has 2 N–H and O–H groups in total. The highest BCUT2D eigenvalue weighted by Gasteiger charge is 2.28. The second-order valence-electron chi connectivity index (χ2n) is 7.12. The highest BCUT2D eigenvalue weighted by atomic mass is 35.5. The molecule has 0 radical (unpaired) electrons. The number of aromatic nitrogens is 3. The number of nitrogens with one attached hydrogen (secondary N) is 1. The number of ether oxygens (including phenoxy) is 1. The van der Waals surface area contributed by atoms with E-state index in [1.54, 1.807) is 6.33 Å². The van der Waals surface area contributed by atoms with Crippen molar-refractivity contribution in [3.63, 3.8) is 0 Å². The molecule has 6 nitrogen and oxygen atoms in total. The number of fused-ring (bicyclic) bond motifs is 1. The zero-order valence-corrected chi connectivity index (χ0v) is 15.1. The van der Waals surface area contributed by atoms with Gasteiger partial charge in [0.2, 0.25) is 0 Å². The van der Waals surface area contributed by atoms with Crippen LogP contribution < -0.4 is 5.32 Å². The molecule has 0 bridgehead atoms. The van der Waals surface area contributed by atoms with Crippen molar-refractivity contribution in [3.8, 4) is 0 Å². The number of imidazole rings is 1. The number of aliphatic hydroxyl groups excluding tert-OH is 1. The molecule has 1 aliphatic carbocycles. The molecule has 0 aromatic carbocycles. The first kappa shape index (κ1) is 17.1. The van der Waals surface area contributed by atoms with Crippen molar-refractivity contribution in [2.24, 2.45) is 0 Å². The predicted octanol–water partition coefficient (Wildman–Crippen LogP) is 3.89. The lowest BCUT2D eigenvalue weighted by atomic mass is 10.1. The Balaban J connectivity index is 1.62. The number of pyridine rings is 1. The summed E-state index contributed by atoms with van der Waals surface area (Å²) in [5.41, 5.74) is 2.54. The van der Waals surface area contributed by atoms with Crippen molar-refractivity contribution in [2.75, 3.05) is 11.9 Å². The van der Waals surface area contributed by atoms with Gasteiger partial charge in [0.25, 0.3) is 0 Å². The van der Waals surface area contributed by atoms with Gasteiger partial charge in [-0.3, -0.25) is 4.57 Å². The zero-order chi connectivity index (χ0) is 17.2. The first-order chi connectivity index (χ1) is 12.2. The third-order valence-electron chi connectivity index (χ3n) is 5.31. The number of hydrogen-bond donors (Lipinski definition) is 2. The van der Waals surface area contributed by atoms with E-state index in [1.807, 2.05) is 10.6 Å². The van der Waals surface area contributed by atoms with Gasteiger partial charge in [-0.25, -0.2) is 9.97 Å². The SMILES string of the molecule is OC[C@@H]1CC[C@H](n2cnc3c(NC4CCCCCC4)cc(Cl)nc32)O1. The maximum Gasteiger partial charge on any atom is 0.165 e. The number of halogens is 1. The molecule has 25 heavy (non-hydrogen) atoms. The van der Waals surface area contributed by atoms with Gasteiger partial charge < -0.3 is 15.2 Å². The van der Waals surface area contributed by atoms with Gasteiger partial charge in [0.1, 0.15) is 16.9 Å². The van der Waals surface area contributed by atoms with Gasteiger partial charge in [0.05, 0.1) is 24.7 Å². The Hall–Kier alpha value is -1.37. The molecule has 0 spiro atoms. The van der Waals surface area contributed by atoms with E-state index < -0.39 is 0 Å². The summed E-state index contributed by atoms with van der Waals surface area (Å²) in [5.74, 6) is 0.